The zero-order valence-corrected chi connectivity index (χ0v) is 12.3. The molecule has 0 amide bonds. The maximum atomic E-state index is 12.0. The third kappa shape index (κ3) is 3.04. The van der Waals surface area contributed by atoms with E-state index < -0.39 is 16.0 Å². The third-order valence-electron chi connectivity index (χ3n) is 2.24. The smallest absolute Gasteiger partial charge is 0.337 e. The Kier molecular flexibility index (Phi) is 3.75. The summed E-state index contributed by atoms with van der Waals surface area (Å²) in [6, 6.07) is 4.40. The normalized spacial score (nSPS) is 11.2. The second kappa shape index (κ2) is 5.17. The molecule has 0 aliphatic carbocycles. The average Bonchev–Trinajstić information content (AvgIpc) is 2.85. The van der Waals surface area contributed by atoms with Crippen molar-refractivity contribution >= 4 is 44.3 Å². The highest BCUT2D eigenvalue weighted by Crippen LogP contribution is 2.22. The summed E-state index contributed by atoms with van der Waals surface area (Å²) >= 11 is 1.95. The SMILES string of the molecule is O=C(O)c1cc(I)ccc1NS(=O)(=O)c1cn[nH]c1. The van der Waals surface area contributed by atoms with Crippen LogP contribution in [0, 0.1) is 3.57 Å². The van der Waals surface area contributed by atoms with E-state index in [-0.39, 0.29) is 16.1 Å². The molecule has 0 aliphatic heterocycles. The number of hydrogen-bond acceptors (Lipinski definition) is 4. The summed E-state index contributed by atoms with van der Waals surface area (Å²) in [6.07, 6.45) is 2.34. The van der Waals surface area contributed by atoms with Gasteiger partial charge in [-0.2, -0.15) is 5.10 Å². The van der Waals surface area contributed by atoms with E-state index in [2.05, 4.69) is 14.9 Å². The van der Waals surface area contributed by atoms with E-state index in [1.807, 2.05) is 22.6 Å². The first kappa shape index (κ1) is 13.8. The summed E-state index contributed by atoms with van der Waals surface area (Å²) < 4.78 is 26.8. The van der Waals surface area contributed by atoms with Crippen molar-refractivity contribution in [1.82, 2.24) is 10.2 Å². The van der Waals surface area contributed by atoms with Crippen LogP contribution in [0.15, 0.2) is 35.5 Å². The molecule has 0 radical (unpaired) electrons. The average molecular weight is 393 g/mol. The maximum Gasteiger partial charge on any atom is 0.337 e. The molecule has 1 heterocycles. The summed E-state index contributed by atoms with van der Waals surface area (Å²) in [7, 11) is -3.85. The molecule has 0 bridgehead atoms. The highest BCUT2D eigenvalue weighted by atomic mass is 127. The number of carbonyl (C=O) groups is 1. The molecule has 9 heteroatoms. The lowest BCUT2D eigenvalue weighted by molar-refractivity contribution is 0.0698. The molecular weight excluding hydrogens is 385 g/mol. The topological polar surface area (TPSA) is 112 Å². The molecule has 2 aromatic rings. The van der Waals surface area contributed by atoms with Crippen LogP contribution in [0.3, 0.4) is 0 Å². The molecule has 19 heavy (non-hydrogen) atoms. The van der Waals surface area contributed by atoms with Gasteiger partial charge >= 0.3 is 5.97 Å². The molecule has 0 unspecified atom stereocenters. The van der Waals surface area contributed by atoms with Crippen LogP contribution in [-0.4, -0.2) is 29.7 Å². The van der Waals surface area contributed by atoms with E-state index in [1.54, 1.807) is 6.07 Å². The highest BCUT2D eigenvalue weighted by molar-refractivity contribution is 14.1. The van der Waals surface area contributed by atoms with Crippen LogP contribution >= 0.6 is 22.6 Å². The number of nitrogens with one attached hydrogen (secondary N) is 2. The van der Waals surface area contributed by atoms with Crippen LogP contribution < -0.4 is 4.72 Å². The lowest BCUT2D eigenvalue weighted by Gasteiger charge is -2.09. The van der Waals surface area contributed by atoms with E-state index in [0.29, 0.717) is 3.57 Å². The highest BCUT2D eigenvalue weighted by Gasteiger charge is 2.19. The maximum absolute atomic E-state index is 12.0. The minimum absolute atomic E-state index is 0.00844. The number of carboxylic acids is 1. The molecule has 2 rings (SSSR count). The minimum Gasteiger partial charge on any atom is -0.478 e. The van der Waals surface area contributed by atoms with Gasteiger partial charge in [0.2, 0.25) is 0 Å². The fourth-order valence-corrected chi connectivity index (χ4v) is 2.85. The molecular formula is C10H8IN3O4S. The number of aromatic nitrogens is 2. The van der Waals surface area contributed by atoms with Gasteiger partial charge < -0.3 is 5.11 Å². The van der Waals surface area contributed by atoms with Crippen molar-refractivity contribution in [2.24, 2.45) is 0 Å². The van der Waals surface area contributed by atoms with Gasteiger partial charge in [-0.25, -0.2) is 13.2 Å². The van der Waals surface area contributed by atoms with E-state index in [0.717, 1.165) is 6.20 Å². The Morgan fingerprint density at radius 2 is 2.16 bits per heavy atom. The van der Waals surface area contributed by atoms with Crippen LogP contribution in [0.5, 0.6) is 0 Å². The van der Waals surface area contributed by atoms with Crippen LogP contribution in [0.4, 0.5) is 5.69 Å². The number of hydrogen-bond donors (Lipinski definition) is 3. The van der Waals surface area contributed by atoms with Crippen LogP contribution in [0.1, 0.15) is 10.4 Å². The molecule has 1 aromatic carbocycles. The van der Waals surface area contributed by atoms with Crippen LogP contribution in [0.25, 0.3) is 0 Å². The number of anilines is 1. The van der Waals surface area contributed by atoms with Crippen molar-refractivity contribution in [2.75, 3.05) is 4.72 Å². The standard InChI is InChI=1S/C10H8IN3O4S/c11-6-1-2-9(8(3-6)10(15)16)14-19(17,18)7-4-12-13-5-7/h1-5,14H,(H,12,13)(H,15,16). The predicted octanol–water partition coefficient (Wildman–Crippen LogP) is 1.51. The molecule has 0 atom stereocenters. The molecule has 0 spiro atoms. The molecule has 1 aromatic heterocycles. The molecule has 0 fully saturated rings. The van der Waals surface area contributed by atoms with Crippen molar-refractivity contribution in [1.29, 1.82) is 0 Å². The summed E-state index contributed by atoms with van der Waals surface area (Å²) in [6.45, 7) is 0. The number of nitrogens with zero attached hydrogens (tertiary/aromatic N) is 1. The van der Waals surface area contributed by atoms with Crippen molar-refractivity contribution in [3.05, 3.63) is 39.7 Å². The number of carboxylic acid groups (broad SMARTS) is 1. The summed E-state index contributed by atoms with van der Waals surface area (Å²) in [4.78, 5) is 11.0. The van der Waals surface area contributed by atoms with Gasteiger partial charge in [-0.1, -0.05) is 0 Å². The Morgan fingerprint density at radius 1 is 1.42 bits per heavy atom. The van der Waals surface area contributed by atoms with Gasteiger partial charge in [-0.05, 0) is 40.8 Å². The van der Waals surface area contributed by atoms with Gasteiger partial charge in [0.05, 0.1) is 17.4 Å². The quantitative estimate of drug-likeness (QED) is 0.682. The second-order valence-electron chi connectivity index (χ2n) is 3.53. The first-order valence-electron chi connectivity index (χ1n) is 4.94. The number of aromatic amines is 1. The third-order valence-corrected chi connectivity index (χ3v) is 4.24. The number of aromatic carboxylic acids is 1. The zero-order chi connectivity index (χ0) is 14.0. The Labute approximate surface area is 122 Å². The van der Waals surface area contributed by atoms with Gasteiger partial charge in [0, 0.05) is 9.77 Å². The monoisotopic (exact) mass is 393 g/mol. The molecule has 0 saturated heterocycles. The molecule has 0 saturated carbocycles. The van der Waals surface area contributed by atoms with Gasteiger partial charge in [0.15, 0.2) is 0 Å². The Balaban J connectivity index is 2.42. The lowest BCUT2D eigenvalue weighted by atomic mass is 10.2. The lowest BCUT2D eigenvalue weighted by Crippen LogP contribution is -2.15. The van der Waals surface area contributed by atoms with Gasteiger partial charge in [-0.15, -0.1) is 0 Å². The van der Waals surface area contributed by atoms with Crippen molar-refractivity contribution in [3.63, 3.8) is 0 Å². The van der Waals surface area contributed by atoms with Crippen LogP contribution in [-0.2, 0) is 10.0 Å². The molecule has 7 nitrogen and oxygen atoms in total. The van der Waals surface area contributed by atoms with E-state index in [4.69, 9.17) is 5.11 Å². The first-order chi connectivity index (χ1) is 8.90. The van der Waals surface area contributed by atoms with Gasteiger partial charge in [0.1, 0.15) is 4.90 Å². The van der Waals surface area contributed by atoms with Crippen molar-refractivity contribution < 1.29 is 18.3 Å². The van der Waals surface area contributed by atoms with Crippen molar-refractivity contribution in [2.45, 2.75) is 4.90 Å². The summed E-state index contributed by atoms with van der Waals surface area (Å²) in [5, 5.41) is 15.0. The molecule has 0 aliphatic rings. The Hall–Kier alpha value is -1.62. The predicted molar refractivity (Wildman–Crippen MR) is 75.5 cm³/mol. The first-order valence-corrected chi connectivity index (χ1v) is 7.51. The van der Waals surface area contributed by atoms with Crippen molar-refractivity contribution in [3.8, 4) is 0 Å². The second-order valence-corrected chi connectivity index (χ2v) is 6.46. The zero-order valence-electron chi connectivity index (χ0n) is 9.29. The Morgan fingerprint density at radius 3 is 2.74 bits per heavy atom. The van der Waals surface area contributed by atoms with E-state index in [9.17, 15) is 13.2 Å². The summed E-state index contributed by atoms with van der Waals surface area (Å²) in [5.41, 5.74) is -0.104. The fraction of sp³-hybridized carbons (Fsp3) is 0. The number of rotatable bonds is 4. The molecule has 3 N–H and O–H groups in total. The molecule has 100 valence electrons. The van der Waals surface area contributed by atoms with Gasteiger partial charge in [0.25, 0.3) is 10.0 Å². The number of sulfonamides is 1. The van der Waals surface area contributed by atoms with E-state index >= 15 is 0 Å². The minimum atomic E-state index is -3.85. The number of benzene rings is 1. The number of H-pyrrole nitrogens is 1. The van der Waals surface area contributed by atoms with Gasteiger partial charge in [-0.3, -0.25) is 9.82 Å². The Bertz CT molecular complexity index is 712. The van der Waals surface area contributed by atoms with E-state index in [1.165, 1.54) is 18.3 Å². The largest absolute Gasteiger partial charge is 0.478 e. The number of halogens is 1. The fourth-order valence-electron chi connectivity index (χ4n) is 1.37. The van der Waals surface area contributed by atoms with Crippen LogP contribution in [0.2, 0.25) is 0 Å². The summed E-state index contributed by atoms with van der Waals surface area (Å²) in [5.74, 6) is -1.21.